The molecule has 0 heterocycles. The van der Waals surface area contributed by atoms with Gasteiger partial charge in [-0.25, -0.2) is 0 Å². The van der Waals surface area contributed by atoms with Crippen molar-refractivity contribution in [1.82, 2.24) is 5.06 Å². The lowest BCUT2D eigenvalue weighted by Crippen LogP contribution is -2.17. The Balaban J connectivity index is 0.000000331. The molecule has 6 nitrogen and oxygen atoms in total. The number of hydrogen-bond donors (Lipinski definition) is 1. The first-order valence-corrected chi connectivity index (χ1v) is 6.62. The number of carbonyl (C=O) groups excluding carboxylic acids is 1. The fourth-order valence-electron chi connectivity index (χ4n) is 0.861. The third-order valence-corrected chi connectivity index (χ3v) is 2.48. The lowest BCUT2D eigenvalue weighted by molar-refractivity contribution is -0.177. The van der Waals surface area contributed by atoms with Gasteiger partial charge in [-0.15, -0.1) is 5.06 Å². The standard InChI is InChI=1S/C6H6O3S.C5H11NO2/c7-10(8,9)6-4-2-1-3-5-6;1-4-5(7)8-6(2)3/h1-5H,(H,7,8,9);4H2,1-3H3. The van der Waals surface area contributed by atoms with Gasteiger partial charge >= 0.3 is 5.97 Å². The summed E-state index contributed by atoms with van der Waals surface area (Å²) in [7, 11) is -0.654. The second-order valence-electron chi connectivity index (χ2n) is 3.42. The molecule has 0 saturated carbocycles. The summed E-state index contributed by atoms with van der Waals surface area (Å²) in [5.74, 6) is -0.199. The second kappa shape index (κ2) is 7.80. The Bertz CT molecular complexity index is 456. The van der Waals surface area contributed by atoms with Gasteiger partial charge in [0.15, 0.2) is 0 Å². The van der Waals surface area contributed by atoms with Crippen LogP contribution in [0.2, 0.25) is 0 Å². The molecule has 0 amide bonds. The normalized spacial score (nSPS) is 10.5. The van der Waals surface area contributed by atoms with E-state index in [4.69, 9.17) is 4.55 Å². The molecule has 102 valence electrons. The van der Waals surface area contributed by atoms with Crippen LogP contribution in [0.25, 0.3) is 0 Å². The maximum atomic E-state index is 10.4. The molecule has 0 aliphatic rings. The molecule has 0 aliphatic heterocycles. The Morgan fingerprint density at radius 3 is 2.00 bits per heavy atom. The molecule has 0 bridgehead atoms. The molecule has 1 rings (SSSR count). The number of benzene rings is 1. The van der Waals surface area contributed by atoms with Crippen molar-refractivity contribution in [2.75, 3.05) is 14.1 Å². The highest BCUT2D eigenvalue weighted by Gasteiger charge is 2.05. The maximum absolute atomic E-state index is 10.4. The van der Waals surface area contributed by atoms with E-state index in [9.17, 15) is 13.2 Å². The van der Waals surface area contributed by atoms with E-state index in [1.807, 2.05) is 0 Å². The Labute approximate surface area is 107 Å². The first kappa shape index (κ1) is 16.6. The van der Waals surface area contributed by atoms with E-state index < -0.39 is 10.1 Å². The molecule has 0 fully saturated rings. The molecule has 1 aromatic rings. The van der Waals surface area contributed by atoms with Gasteiger partial charge in [-0.2, -0.15) is 8.42 Å². The van der Waals surface area contributed by atoms with Crippen LogP contribution in [-0.4, -0.2) is 38.1 Å². The first-order valence-electron chi connectivity index (χ1n) is 5.18. The molecule has 0 atom stereocenters. The fraction of sp³-hybridized carbons (Fsp3) is 0.364. The highest BCUT2D eigenvalue weighted by Crippen LogP contribution is 2.05. The van der Waals surface area contributed by atoms with E-state index in [-0.39, 0.29) is 10.9 Å². The predicted octanol–water partition coefficient (Wildman–Crippen LogP) is 1.35. The molecular formula is C11H17NO5S. The first-order chi connectivity index (χ1) is 8.27. The van der Waals surface area contributed by atoms with Crippen LogP contribution in [-0.2, 0) is 19.8 Å². The smallest absolute Gasteiger partial charge is 0.324 e. The van der Waals surface area contributed by atoms with Crippen molar-refractivity contribution in [3.63, 3.8) is 0 Å². The molecule has 0 radical (unpaired) electrons. The Morgan fingerprint density at radius 2 is 1.78 bits per heavy atom. The molecule has 0 aromatic heterocycles. The van der Waals surface area contributed by atoms with Crippen LogP contribution in [0.1, 0.15) is 13.3 Å². The highest BCUT2D eigenvalue weighted by molar-refractivity contribution is 7.85. The van der Waals surface area contributed by atoms with Crippen LogP contribution in [0, 0.1) is 0 Å². The van der Waals surface area contributed by atoms with Crippen LogP contribution in [0.15, 0.2) is 35.2 Å². The Hall–Kier alpha value is -1.44. The summed E-state index contributed by atoms with van der Waals surface area (Å²) in [6.45, 7) is 1.76. The van der Waals surface area contributed by atoms with Crippen molar-refractivity contribution >= 4 is 16.1 Å². The van der Waals surface area contributed by atoms with Gasteiger partial charge in [0.2, 0.25) is 0 Å². The van der Waals surface area contributed by atoms with Gasteiger partial charge in [-0.05, 0) is 12.1 Å². The van der Waals surface area contributed by atoms with Crippen molar-refractivity contribution in [1.29, 1.82) is 0 Å². The van der Waals surface area contributed by atoms with E-state index >= 15 is 0 Å². The fourth-order valence-corrected chi connectivity index (χ4v) is 1.36. The Kier molecular flexibility index (Phi) is 7.18. The lowest BCUT2D eigenvalue weighted by Gasteiger charge is -2.07. The number of rotatable bonds is 3. The molecule has 0 unspecified atom stereocenters. The molecule has 0 aliphatic carbocycles. The summed E-state index contributed by atoms with van der Waals surface area (Å²) < 4.78 is 29.2. The minimum atomic E-state index is -4.00. The van der Waals surface area contributed by atoms with Gasteiger partial charge in [0.25, 0.3) is 10.1 Å². The highest BCUT2D eigenvalue weighted by atomic mass is 32.2. The summed E-state index contributed by atoms with van der Waals surface area (Å²) in [6.07, 6.45) is 0.429. The predicted molar refractivity (Wildman–Crippen MR) is 66.3 cm³/mol. The summed E-state index contributed by atoms with van der Waals surface area (Å²) in [5, 5.41) is 1.38. The van der Waals surface area contributed by atoms with Crippen LogP contribution in [0.4, 0.5) is 0 Å². The topological polar surface area (TPSA) is 83.9 Å². The number of nitrogens with zero attached hydrogens (tertiary/aromatic N) is 1. The zero-order valence-electron chi connectivity index (χ0n) is 10.5. The van der Waals surface area contributed by atoms with Gasteiger partial charge in [0, 0.05) is 20.5 Å². The molecule has 7 heteroatoms. The van der Waals surface area contributed by atoms with E-state index in [0.29, 0.717) is 6.42 Å². The van der Waals surface area contributed by atoms with Crippen LogP contribution in [0.3, 0.4) is 0 Å². The lowest BCUT2D eigenvalue weighted by atomic mass is 10.4. The number of hydroxylamine groups is 2. The molecule has 1 aromatic carbocycles. The number of carbonyl (C=O) groups is 1. The maximum Gasteiger partial charge on any atom is 0.324 e. The summed E-state index contributed by atoms with van der Waals surface area (Å²) in [6, 6.07) is 7.42. The third-order valence-electron chi connectivity index (χ3n) is 1.61. The summed E-state index contributed by atoms with van der Waals surface area (Å²) in [4.78, 5) is 14.9. The van der Waals surface area contributed by atoms with E-state index in [1.54, 1.807) is 39.2 Å². The van der Waals surface area contributed by atoms with E-state index in [0.717, 1.165) is 0 Å². The zero-order valence-corrected chi connectivity index (χ0v) is 11.3. The molecular weight excluding hydrogens is 258 g/mol. The van der Waals surface area contributed by atoms with Crippen molar-refractivity contribution in [3.05, 3.63) is 30.3 Å². The quantitative estimate of drug-likeness (QED) is 0.662. The minimum absolute atomic E-state index is 0.0741. The van der Waals surface area contributed by atoms with E-state index in [1.165, 1.54) is 17.2 Å². The van der Waals surface area contributed by atoms with E-state index in [2.05, 4.69) is 4.84 Å². The van der Waals surface area contributed by atoms with Crippen molar-refractivity contribution < 1.29 is 22.6 Å². The average molecular weight is 275 g/mol. The van der Waals surface area contributed by atoms with Gasteiger partial charge < -0.3 is 4.84 Å². The Morgan fingerprint density at radius 1 is 1.28 bits per heavy atom. The van der Waals surface area contributed by atoms with Crippen LogP contribution in [0.5, 0.6) is 0 Å². The summed E-state index contributed by atoms with van der Waals surface area (Å²) >= 11 is 0. The average Bonchev–Trinajstić information content (AvgIpc) is 2.29. The second-order valence-corrected chi connectivity index (χ2v) is 4.84. The van der Waals surface area contributed by atoms with Gasteiger partial charge in [0.05, 0.1) is 4.90 Å². The summed E-state index contributed by atoms with van der Waals surface area (Å²) in [5.41, 5.74) is 0. The van der Waals surface area contributed by atoms with Gasteiger partial charge in [0.1, 0.15) is 0 Å². The van der Waals surface area contributed by atoms with Crippen molar-refractivity contribution in [2.45, 2.75) is 18.2 Å². The van der Waals surface area contributed by atoms with Crippen molar-refractivity contribution in [3.8, 4) is 0 Å². The van der Waals surface area contributed by atoms with Gasteiger partial charge in [-0.1, -0.05) is 25.1 Å². The minimum Gasteiger partial charge on any atom is -0.369 e. The molecule has 18 heavy (non-hydrogen) atoms. The zero-order chi connectivity index (χ0) is 14.2. The van der Waals surface area contributed by atoms with Crippen LogP contribution >= 0.6 is 0 Å². The van der Waals surface area contributed by atoms with Gasteiger partial charge in [-0.3, -0.25) is 9.35 Å². The monoisotopic (exact) mass is 275 g/mol. The molecule has 0 saturated heterocycles. The molecule has 1 N–H and O–H groups in total. The van der Waals surface area contributed by atoms with Crippen molar-refractivity contribution in [2.24, 2.45) is 0 Å². The third kappa shape index (κ3) is 7.77. The number of hydrogen-bond acceptors (Lipinski definition) is 5. The van der Waals surface area contributed by atoms with Crippen LogP contribution < -0.4 is 0 Å². The SMILES string of the molecule is CCC(=O)ON(C)C.O=S(=O)(O)c1ccccc1. The molecule has 0 spiro atoms. The largest absolute Gasteiger partial charge is 0.369 e.